The van der Waals surface area contributed by atoms with E-state index in [0.717, 1.165) is 69.9 Å². The van der Waals surface area contributed by atoms with E-state index in [1.54, 1.807) is 49.3 Å². The summed E-state index contributed by atoms with van der Waals surface area (Å²) in [5.41, 5.74) is 3.41. The van der Waals surface area contributed by atoms with Crippen molar-refractivity contribution in [1.82, 2.24) is 12.9 Å². The Kier molecular flexibility index (Phi) is 15.6. The number of nitrogens with zero attached hydrogens (tertiary/aromatic N) is 3. The van der Waals surface area contributed by atoms with Gasteiger partial charge in [-0.1, -0.05) is 94.6 Å². The minimum atomic E-state index is -3.60. The summed E-state index contributed by atoms with van der Waals surface area (Å²) in [6, 6.07) is 20.9. The van der Waals surface area contributed by atoms with Crippen molar-refractivity contribution in [3.05, 3.63) is 123 Å². The molecule has 0 aromatic heterocycles. The molecule has 3 aromatic carbocycles. The summed E-state index contributed by atoms with van der Waals surface area (Å²) in [6.07, 6.45) is 3.65. The molecule has 9 aliphatic rings. The van der Waals surface area contributed by atoms with Gasteiger partial charge in [0, 0.05) is 130 Å². The number of aryl methyl sites for hydroxylation is 3. The van der Waals surface area contributed by atoms with E-state index in [2.05, 4.69) is 41.5 Å². The molecule has 3 aromatic rings. The predicted molar refractivity (Wildman–Crippen MR) is 321 cm³/mol. The molecule has 3 fully saturated rings. The molecule has 6 atom stereocenters. The molecule has 456 valence electrons. The Morgan fingerprint density at radius 2 is 0.560 bits per heavy atom. The molecule has 3 aliphatic carbocycles. The number of fused-ring (bicyclic) bond motifs is 6. The quantitative estimate of drug-likeness (QED) is 0.227. The fourth-order valence-corrected chi connectivity index (χ4v) is 19.5. The highest BCUT2D eigenvalue weighted by Gasteiger charge is 2.58. The van der Waals surface area contributed by atoms with Gasteiger partial charge in [-0.2, -0.15) is 12.9 Å². The van der Waals surface area contributed by atoms with E-state index in [9.17, 15) is 39.6 Å². The van der Waals surface area contributed by atoms with Crippen LogP contribution in [0.25, 0.3) is 0 Å². The van der Waals surface area contributed by atoms with E-state index in [1.807, 2.05) is 98.7 Å². The van der Waals surface area contributed by atoms with Crippen LogP contribution in [0.15, 0.2) is 121 Å². The van der Waals surface area contributed by atoms with Gasteiger partial charge in [0.1, 0.15) is 34.1 Å². The summed E-state index contributed by atoms with van der Waals surface area (Å²) in [7, 11) is -10.8. The standard InChI is InChI=1S/3C22H29NO4S/c3*1-14-6-8-15(9-7-14)28(25,26)23-12-16-17(13-23)22(4,5)27-19-11-21(2,3)10-18(24)20(16)19/h3*6-9,16-17H,10-13H2,1-5H3/t3*16-,17+/m110/s1. The minimum absolute atomic E-state index is 0.0309. The first kappa shape index (κ1) is 62.1. The van der Waals surface area contributed by atoms with Crippen molar-refractivity contribution in [2.75, 3.05) is 39.3 Å². The third-order valence-electron chi connectivity index (χ3n) is 19.4. The lowest BCUT2D eigenvalue weighted by Gasteiger charge is -2.46. The predicted octanol–water partition coefficient (Wildman–Crippen LogP) is 11.1. The largest absolute Gasteiger partial charge is 0.491 e. The average molecular weight is 1210 g/mol. The lowest BCUT2D eigenvalue weighted by Crippen LogP contribution is -2.47. The van der Waals surface area contributed by atoms with Crippen molar-refractivity contribution in [3.8, 4) is 0 Å². The number of sulfonamides is 3. The van der Waals surface area contributed by atoms with Gasteiger partial charge in [0.25, 0.3) is 0 Å². The van der Waals surface area contributed by atoms with Gasteiger partial charge in [-0.15, -0.1) is 0 Å². The molecule has 6 aliphatic heterocycles. The number of carbonyl (C=O) groups is 3. The number of hydrogen-bond acceptors (Lipinski definition) is 12. The molecule has 0 amide bonds. The van der Waals surface area contributed by atoms with E-state index < -0.39 is 46.9 Å². The van der Waals surface area contributed by atoms with Crippen molar-refractivity contribution in [3.63, 3.8) is 0 Å². The fourth-order valence-electron chi connectivity index (χ4n) is 15.0. The Balaban J connectivity index is 0.000000140. The zero-order valence-corrected chi connectivity index (χ0v) is 54.3. The lowest BCUT2D eigenvalue weighted by atomic mass is 9.67. The van der Waals surface area contributed by atoms with Crippen LogP contribution in [0.3, 0.4) is 0 Å². The van der Waals surface area contributed by atoms with E-state index in [4.69, 9.17) is 14.2 Å². The van der Waals surface area contributed by atoms with E-state index in [1.165, 1.54) is 0 Å². The maximum atomic E-state index is 13.2. The van der Waals surface area contributed by atoms with Gasteiger partial charge in [0.2, 0.25) is 30.1 Å². The van der Waals surface area contributed by atoms with Crippen LogP contribution in [0.2, 0.25) is 0 Å². The molecule has 0 unspecified atom stereocenters. The Labute approximate surface area is 499 Å². The van der Waals surface area contributed by atoms with Crippen LogP contribution in [-0.4, -0.2) is 112 Å². The molecule has 0 spiro atoms. The first-order valence-corrected chi connectivity index (χ1v) is 34.1. The number of allylic oxidation sites excluding steroid dienone is 3. The first-order valence-electron chi connectivity index (χ1n) is 29.8. The molecule has 0 radical (unpaired) electrons. The number of carbonyl (C=O) groups excluding carboxylic acids is 3. The van der Waals surface area contributed by atoms with Gasteiger partial charge in [-0.25, -0.2) is 25.3 Å². The van der Waals surface area contributed by atoms with Crippen molar-refractivity contribution in [2.45, 2.75) is 174 Å². The molecule has 12 rings (SSSR count). The second-order valence-electron chi connectivity index (χ2n) is 29.5. The van der Waals surface area contributed by atoms with Crippen molar-refractivity contribution >= 4 is 47.4 Å². The summed E-state index contributed by atoms with van der Waals surface area (Å²) in [6.45, 7) is 32.6. The third kappa shape index (κ3) is 11.6. The zero-order valence-electron chi connectivity index (χ0n) is 51.8. The van der Waals surface area contributed by atoms with Crippen LogP contribution in [0.4, 0.5) is 0 Å². The molecule has 6 heterocycles. The third-order valence-corrected chi connectivity index (χ3v) is 25.0. The van der Waals surface area contributed by atoms with Crippen LogP contribution < -0.4 is 0 Å². The van der Waals surface area contributed by atoms with Crippen molar-refractivity contribution in [2.24, 2.45) is 51.8 Å². The monoisotopic (exact) mass is 1210 g/mol. The highest BCUT2D eigenvalue weighted by Crippen LogP contribution is 2.55. The Morgan fingerprint density at radius 1 is 0.345 bits per heavy atom. The molecular weight excluding hydrogens is 1120 g/mol. The van der Waals surface area contributed by atoms with Gasteiger partial charge < -0.3 is 14.2 Å². The second kappa shape index (κ2) is 21.1. The Hall–Kier alpha value is -4.98. The van der Waals surface area contributed by atoms with Gasteiger partial charge >= 0.3 is 0 Å². The molecule has 84 heavy (non-hydrogen) atoms. The summed E-state index contributed by atoms with van der Waals surface area (Å²) in [5.74, 6) is 2.31. The van der Waals surface area contributed by atoms with Crippen LogP contribution in [0, 0.1) is 72.5 Å². The molecule has 3 saturated heterocycles. The fraction of sp³-hybridized carbons (Fsp3) is 0.591. The first-order chi connectivity index (χ1) is 38.7. The number of hydrogen-bond donors (Lipinski definition) is 0. The van der Waals surface area contributed by atoms with Crippen LogP contribution in [0.1, 0.15) is 138 Å². The Bertz CT molecular complexity index is 3250. The normalized spacial score (nSPS) is 29.2. The van der Waals surface area contributed by atoms with Crippen LogP contribution in [0.5, 0.6) is 0 Å². The average Bonchev–Trinajstić information content (AvgIpc) is 1.62. The number of ether oxygens (including phenoxy) is 3. The molecule has 0 N–H and O–H groups in total. The maximum absolute atomic E-state index is 13.2. The van der Waals surface area contributed by atoms with Crippen LogP contribution in [-0.2, 0) is 58.7 Å². The molecule has 0 bridgehead atoms. The summed E-state index contributed by atoms with van der Waals surface area (Å²) >= 11 is 0. The zero-order chi connectivity index (χ0) is 61.4. The molecule has 0 saturated carbocycles. The van der Waals surface area contributed by atoms with Crippen LogP contribution >= 0.6 is 0 Å². The number of Topliss-reactive ketones (excluding diaryl/α,β-unsaturated/α-hetero) is 3. The number of benzene rings is 3. The van der Waals surface area contributed by atoms with Crippen molar-refractivity contribution in [1.29, 1.82) is 0 Å². The van der Waals surface area contributed by atoms with E-state index >= 15 is 0 Å². The van der Waals surface area contributed by atoms with Gasteiger partial charge in [-0.05, 0) is 115 Å². The highest BCUT2D eigenvalue weighted by molar-refractivity contribution is 7.89. The van der Waals surface area contributed by atoms with Crippen molar-refractivity contribution < 1.29 is 53.8 Å². The lowest BCUT2D eigenvalue weighted by molar-refractivity contribution is -0.124. The van der Waals surface area contributed by atoms with E-state index in [-0.39, 0.29) is 69.1 Å². The highest BCUT2D eigenvalue weighted by atomic mass is 32.2. The SMILES string of the molecule is Cc1ccc(S(=O)(=O)N2C[C@@H]3C4=C(CC(C)(C)CC4=O)OC(C)(C)[C@@H]3C2)cc1.Cc1ccc(S(=O)(=O)N2C[C@H]3C4=C(CC(C)(C)CC4=O)OC(C)(C)[C@H]3C2)cc1.Cc1ccc(S(=O)(=O)N2C[C@H]3C4=C(CC(C)(C)CC4=O)OC(C)(C)[C@H]3C2)cc1. The summed E-state index contributed by atoms with van der Waals surface area (Å²) in [5, 5.41) is 0. The van der Waals surface area contributed by atoms with Gasteiger partial charge in [0.15, 0.2) is 17.3 Å². The van der Waals surface area contributed by atoms with Gasteiger partial charge in [-0.3, -0.25) is 14.4 Å². The topological polar surface area (TPSA) is 191 Å². The summed E-state index contributed by atoms with van der Waals surface area (Å²) < 4.78 is 103. The molecular formula is C66H87N3O12S3. The molecule has 15 nitrogen and oxygen atoms in total. The number of ketones is 3. The maximum Gasteiger partial charge on any atom is 0.243 e. The van der Waals surface area contributed by atoms with E-state index in [0.29, 0.717) is 73.2 Å². The summed E-state index contributed by atoms with van der Waals surface area (Å²) in [4.78, 5) is 39.8. The number of rotatable bonds is 6. The molecule has 18 heteroatoms. The minimum Gasteiger partial charge on any atom is -0.491 e. The Morgan fingerprint density at radius 3 is 0.774 bits per heavy atom. The van der Waals surface area contributed by atoms with Gasteiger partial charge in [0.05, 0.1) is 14.7 Å². The smallest absolute Gasteiger partial charge is 0.243 e. The second-order valence-corrected chi connectivity index (χ2v) is 35.3.